The summed E-state index contributed by atoms with van der Waals surface area (Å²) in [6, 6.07) is 0. The van der Waals surface area contributed by atoms with Crippen LogP contribution in [0.1, 0.15) is 33.6 Å². The highest BCUT2D eigenvalue weighted by molar-refractivity contribution is 4.86. The van der Waals surface area contributed by atoms with Crippen LogP contribution in [-0.4, -0.2) is 0 Å². The first-order valence-corrected chi connectivity index (χ1v) is 3.75. The fraction of sp³-hybridized carbons (Fsp3) is 1.00. The summed E-state index contributed by atoms with van der Waals surface area (Å²) in [6.45, 7) is 6.97. The molecule has 0 saturated heterocycles. The molecule has 0 amide bonds. The number of hydrogen-bond acceptors (Lipinski definition) is 0. The highest BCUT2D eigenvalue weighted by atomic mass is 14.4. The molecule has 1 aliphatic rings. The molecule has 8 heavy (non-hydrogen) atoms. The van der Waals surface area contributed by atoms with Gasteiger partial charge in [0.1, 0.15) is 0 Å². The van der Waals surface area contributed by atoms with Gasteiger partial charge in [-0.2, -0.15) is 0 Å². The normalized spacial score (nSPS) is 36.0. The Kier molecular flexibility index (Phi) is 1.59. The van der Waals surface area contributed by atoms with Crippen LogP contribution < -0.4 is 0 Å². The molecule has 0 aromatic carbocycles. The van der Waals surface area contributed by atoms with Gasteiger partial charge in [-0.15, -0.1) is 0 Å². The van der Waals surface area contributed by atoms with Gasteiger partial charge in [-0.05, 0) is 24.2 Å². The number of hydrogen-bond donors (Lipinski definition) is 0. The molecule has 1 rings (SSSR count). The molecule has 0 nitrogen and oxygen atoms in total. The predicted octanol–water partition coefficient (Wildman–Crippen LogP) is 2.69. The Hall–Kier alpha value is 0. The van der Waals surface area contributed by atoms with E-state index in [1.165, 1.54) is 12.8 Å². The molecule has 0 N–H and O–H groups in total. The molecule has 48 valence electrons. The average Bonchev–Trinajstić information content (AvgIpc) is 2.42. The van der Waals surface area contributed by atoms with E-state index in [0.717, 1.165) is 17.8 Å². The topological polar surface area (TPSA) is 0 Å². The standard InChI is InChI=1S/C8H16/c1-4-7-5-8(7)6(2)3/h6-8H,4-5H2,1-3H3/t7-,8+/m0/s1. The lowest BCUT2D eigenvalue weighted by atomic mass is 10.1. The molecule has 0 unspecified atom stereocenters. The first kappa shape index (κ1) is 6.12. The van der Waals surface area contributed by atoms with Crippen molar-refractivity contribution < 1.29 is 0 Å². The molecule has 2 atom stereocenters. The van der Waals surface area contributed by atoms with Crippen LogP contribution >= 0.6 is 0 Å². The van der Waals surface area contributed by atoms with Crippen LogP contribution in [0.3, 0.4) is 0 Å². The van der Waals surface area contributed by atoms with Crippen molar-refractivity contribution >= 4 is 0 Å². The minimum atomic E-state index is 0.944. The van der Waals surface area contributed by atoms with E-state index < -0.39 is 0 Å². The van der Waals surface area contributed by atoms with Crippen molar-refractivity contribution in [2.24, 2.45) is 17.8 Å². The predicted molar refractivity (Wildman–Crippen MR) is 36.7 cm³/mol. The van der Waals surface area contributed by atoms with Crippen LogP contribution in [0.4, 0.5) is 0 Å². The zero-order valence-electron chi connectivity index (χ0n) is 6.15. The molecule has 1 saturated carbocycles. The Morgan fingerprint density at radius 2 is 2.12 bits per heavy atom. The molecular weight excluding hydrogens is 96.1 g/mol. The number of rotatable bonds is 2. The molecule has 0 bridgehead atoms. The van der Waals surface area contributed by atoms with Crippen molar-refractivity contribution in [3.05, 3.63) is 0 Å². The summed E-state index contributed by atoms with van der Waals surface area (Å²) in [4.78, 5) is 0. The van der Waals surface area contributed by atoms with Crippen molar-refractivity contribution in [1.82, 2.24) is 0 Å². The van der Waals surface area contributed by atoms with Crippen LogP contribution in [0, 0.1) is 17.8 Å². The second-order valence-electron chi connectivity index (χ2n) is 3.31. The van der Waals surface area contributed by atoms with E-state index in [1.807, 2.05) is 0 Å². The summed E-state index contributed by atoms with van der Waals surface area (Å²) in [6.07, 6.45) is 2.91. The van der Waals surface area contributed by atoms with E-state index in [1.54, 1.807) is 0 Å². The van der Waals surface area contributed by atoms with Crippen molar-refractivity contribution in [1.29, 1.82) is 0 Å². The molecule has 0 aliphatic heterocycles. The lowest BCUT2D eigenvalue weighted by Crippen LogP contribution is -1.90. The van der Waals surface area contributed by atoms with Crippen LogP contribution in [0.15, 0.2) is 0 Å². The molecule has 0 radical (unpaired) electrons. The van der Waals surface area contributed by atoms with Crippen LogP contribution in [-0.2, 0) is 0 Å². The summed E-state index contributed by atoms with van der Waals surface area (Å²) in [5.74, 6) is 3.12. The van der Waals surface area contributed by atoms with Gasteiger partial charge in [0.25, 0.3) is 0 Å². The Bertz CT molecular complexity index is 74.1. The maximum Gasteiger partial charge on any atom is -0.0360 e. The second-order valence-corrected chi connectivity index (χ2v) is 3.31. The van der Waals surface area contributed by atoms with Gasteiger partial charge in [-0.25, -0.2) is 0 Å². The van der Waals surface area contributed by atoms with Gasteiger partial charge in [0.2, 0.25) is 0 Å². The van der Waals surface area contributed by atoms with Gasteiger partial charge in [-0.3, -0.25) is 0 Å². The van der Waals surface area contributed by atoms with Crippen molar-refractivity contribution in [2.75, 3.05) is 0 Å². The fourth-order valence-corrected chi connectivity index (χ4v) is 1.56. The van der Waals surface area contributed by atoms with E-state index in [0.29, 0.717) is 0 Å². The summed E-state index contributed by atoms with van der Waals surface area (Å²) in [5, 5.41) is 0. The second kappa shape index (κ2) is 2.08. The quantitative estimate of drug-likeness (QED) is 0.515. The third-order valence-electron chi connectivity index (χ3n) is 2.36. The van der Waals surface area contributed by atoms with Crippen LogP contribution in [0.2, 0.25) is 0 Å². The molecule has 1 aliphatic carbocycles. The Morgan fingerprint density at radius 3 is 2.25 bits per heavy atom. The lowest BCUT2D eigenvalue weighted by molar-refractivity contribution is 0.512. The average molecular weight is 112 g/mol. The minimum Gasteiger partial charge on any atom is -0.0651 e. The van der Waals surface area contributed by atoms with Crippen LogP contribution in [0.25, 0.3) is 0 Å². The minimum absolute atomic E-state index is 0.944. The maximum atomic E-state index is 2.33. The molecule has 1 fully saturated rings. The van der Waals surface area contributed by atoms with E-state index in [4.69, 9.17) is 0 Å². The Balaban J connectivity index is 2.16. The molecule has 0 aromatic heterocycles. The van der Waals surface area contributed by atoms with Crippen molar-refractivity contribution in [3.8, 4) is 0 Å². The summed E-state index contributed by atoms with van der Waals surface area (Å²) < 4.78 is 0. The molecule has 0 aromatic rings. The van der Waals surface area contributed by atoms with Gasteiger partial charge < -0.3 is 0 Å². The van der Waals surface area contributed by atoms with Gasteiger partial charge in [0, 0.05) is 0 Å². The van der Waals surface area contributed by atoms with Crippen molar-refractivity contribution in [3.63, 3.8) is 0 Å². The smallest absolute Gasteiger partial charge is 0.0360 e. The Morgan fingerprint density at radius 1 is 1.50 bits per heavy atom. The van der Waals surface area contributed by atoms with E-state index in [9.17, 15) is 0 Å². The third-order valence-corrected chi connectivity index (χ3v) is 2.36. The first-order chi connectivity index (χ1) is 3.75. The Labute approximate surface area is 52.3 Å². The monoisotopic (exact) mass is 112 g/mol. The van der Waals surface area contributed by atoms with Gasteiger partial charge in [0.05, 0.1) is 0 Å². The van der Waals surface area contributed by atoms with Crippen LogP contribution in [0.5, 0.6) is 0 Å². The highest BCUT2D eigenvalue weighted by Crippen LogP contribution is 2.45. The summed E-state index contributed by atoms with van der Waals surface area (Å²) >= 11 is 0. The molecule has 0 spiro atoms. The third kappa shape index (κ3) is 1.04. The van der Waals surface area contributed by atoms with Gasteiger partial charge in [0.15, 0.2) is 0 Å². The highest BCUT2D eigenvalue weighted by Gasteiger charge is 2.36. The fourth-order valence-electron chi connectivity index (χ4n) is 1.56. The van der Waals surface area contributed by atoms with E-state index in [2.05, 4.69) is 20.8 Å². The molecule has 0 heteroatoms. The van der Waals surface area contributed by atoms with E-state index >= 15 is 0 Å². The zero-order chi connectivity index (χ0) is 6.15. The summed E-state index contributed by atoms with van der Waals surface area (Å²) in [7, 11) is 0. The zero-order valence-corrected chi connectivity index (χ0v) is 6.15. The van der Waals surface area contributed by atoms with Crippen molar-refractivity contribution in [2.45, 2.75) is 33.6 Å². The largest absolute Gasteiger partial charge is 0.0651 e. The van der Waals surface area contributed by atoms with E-state index in [-0.39, 0.29) is 0 Å². The summed E-state index contributed by atoms with van der Waals surface area (Å²) in [5.41, 5.74) is 0. The van der Waals surface area contributed by atoms with Gasteiger partial charge in [-0.1, -0.05) is 27.2 Å². The van der Waals surface area contributed by atoms with Gasteiger partial charge >= 0.3 is 0 Å². The first-order valence-electron chi connectivity index (χ1n) is 3.75. The molecule has 0 heterocycles. The maximum absolute atomic E-state index is 2.33. The molecular formula is C8H16. The SMILES string of the molecule is CC[C@H]1C[C@@H]1C(C)C. The lowest BCUT2D eigenvalue weighted by Gasteiger charge is -1.98.